The second kappa shape index (κ2) is 1.63. The van der Waals surface area contributed by atoms with E-state index >= 15 is 0 Å². The molecule has 8 heavy (non-hydrogen) atoms. The predicted molar refractivity (Wildman–Crippen MR) is 34.0 cm³/mol. The molecule has 0 amide bonds. The molecule has 1 unspecified atom stereocenters. The lowest BCUT2D eigenvalue weighted by molar-refractivity contribution is -0.111. The fraction of sp³-hybridized carbons (Fsp3) is 0.600. The van der Waals surface area contributed by atoms with Crippen molar-refractivity contribution >= 4 is 9.24 Å². The van der Waals surface area contributed by atoms with Crippen LogP contribution in [0.15, 0.2) is 11.8 Å². The van der Waals surface area contributed by atoms with Crippen molar-refractivity contribution in [3.8, 4) is 0 Å². The van der Waals surface area contributed by atoms with Crippen LogP contribution in [0.2, 0.25) is 0 Å². The van der Waals surface area contributed by atoms with Gasteiger partial charge in [-0.2, -0.15) is 0 Å². The summed E-state index contributed by atoms with van der Waals surface area (Å²) in [6, 6.07) is 0. The summed E-state index contributed by atoms with van der Waals surface area (Å²) in [5.74, 6) is -0.447. The molecule has 0 saturated heterocycles. The molecule has 1 aliphatic heterocycles. The van der Waals surface area contributed by atoms with Crippen LogP contribution in [0.25, 0.3) is 0 Å². The van der Waals surface area contributed by atoms with Gasteiger partial charge in [0.15, 0.2) is 5.50 Å². The smallest absolute Gasteiger partial charge is 0.245 e. The van der Waals surface area contributed by atoms with Gasteiger partial charge in [0.05, 0.1) is 0 Å². The minimum absolute atomic E-state index is 0.447. The van der Waals surface area contributed by atoms with Gasteiger partial charge in [-0.15, -0.1) is 0 Å². The maximum absolute atomic E-state index is 5.15. The van der Waals surface area contributed by atoms with E-state index < -0.39 is 5.79 Å². The van der Waals surface area contributed by atoms with Gasteiger partial charge in [-0.3, -0.25) is 0 Å². The zero-order chi connectivity index (χ0) is 6.20. The highest BCUT2D eigenvalue weighted by atomic mass is 31.0. The lowest BCUT2D eigenvalue weighted by Gasteiger charge is -2.16. The van der Waals surface area contributed by atoms with Gasteiger partial charge in [0, 0.05) is 13.8 Å². The van der Waals surface area contributed by atoms with Gasteiger partial charge in [0.2, 0.25) is 5.79 Å². The first kappa shape index (κ1) is 5.90. The Labute approximate surface area is 51.1 Å². The first-order valence-electron chi connectivity index (χ1n) is 2.43. The number of hydrogen-bond donors (Lipinski definition) is 0. The highest BCUT2D eigenvalue weighted by molar-refractivity contribution is 7.22. The monoisotopic (exact) mass is 132 g/mol. The lowest BCUT2D eigenvalue weighted by atomic mass is 10.4. The molecule has 0 aliphatic carbocycles. The maximum atomic E-state index is 5.15. The Bertz CT molecular complexity index is 128. The van der Waals surface area contributed by atoms with Crippen LogP contribution < -0.4 is 0 Å². The summed E-state index contributed by atoms with van der Waals surface area (Å²) < 4.78 is 10.2. The first-order chi connectivity index (χ1) is 3.60. The van der Waals surface area contributed by atoms with Crippen molar-refractivity contribution in [3.63, 3.8) is 0 Å². The average Bonchev–Trinajstić information content (AvgIpc) is 1.82. The van der Waals surface area contributed by atoms with Crippen molar-refractivity contribution < 1.29 is 9.47 Å². The third-order valence-electron chi connectivity index (χ3n) is 0.823. The van der Waals surface area contributed by atoms with E-state index in [-0.39, 0.29) is 0 Å². The summed E-state index contributed by atoms with van der Waals surface area (Å²) in [5.41, 5.74) is 0.759. The molecule has 0 N–H and O–H groups in total. The molecule has 46 valence electrons. The highest BCUT2D eigenvalue weighted by Crippen LogP contribution is 2.27. The molecule has 0 bridgehead atoms. The molecule has 0 saturated carbocycles. The van der Waals surface area contributed by atoms with Crippen LogP contribution in [-0.4, -0.2) is 5.79 Å². The average molecular weight is 132 g/mol. The van der Waals surface area contributed by atoms with E-state index in [2.05, 4.69) is 9.24 Å². The van der Waals surface area contributed by atoms with Gasteiger partial charge in [-0.1, -0.05) is 9.24 Å². The van der Waals surface area contributed by atoms with Crippen LogP contribution in [0.5, 0.6) is 0 Å². The second-order valence-electron chi connectivity index (χ2n) is 2.14. The fourth-order valence-electron chi connectivity index (χ4n) is 0.532. The Balaban J connectivity index is 2.55. The molecule has 0 aromatic heterocycles. The van der Waals surface area contributed by atoms with E-state index in [9.17, 15) is 0 Å². The van der Waals surface area contributed by atoms with Crippen LogP contribution in [0.4, 0.5) is 0 Å². The normalized spacial score (nSPS) is 23.6. The molecule has 0 spiro atoms. The Morgan fingerprint density at radius 3 is 2.38 bits per heavy atom. The quantitative estimate of drug-likeness (QED) is 0.464. The zero-order valence-corrected chi connectivity index (χ0v) is 6.13. The molecule has 1 aliphatic rings. The molecule has 1 heterocycles. The summed E-state index contributed by atoms with van der Waals surface area (Å²) in [7, 11) is 2.43. The molecule has 1 rings (SSSR count). The third-order valence-corrected chi connectivity index (χ3v) is 1.08. The minimum atomic E-state index is -0.447. The Hall–Kier alpha value is -0.230. The van der Waals surface area contributed by atoms with Crippen molar-refractivity contribution in [2.24, 2.45) is 0 Å². The second-order valence-corrected chi connectivity index (χ2v) is 2.71. The van der Waals surface area contributed by atoms with Crippen LogP contribution in [-0.2, 0) is 9.47 Å². The van der Waals surface area contributed by atoms with Gasteiger partial charge in [-0.25, -0.2) is 0 Å². The van der Waals surface area contributed by atoms with Crippen LogP contribution in [0, 0.1) is 0 Å². The van der Waals surface area contributed by atoms with Crippen molar-refractivity contribution in [2.75, 3.05) is 0 Å². The lowest BCUT2D eigenvalue weighted by Crippen LogP contribution is -2.19. The maximum Gasteiger partial charge on any atom is 0.245 e. The Morgan fingerprint density at radius 2 is 2.25 bits per heavy atom. The minimum Gasteiger partial charge on any atom is -0.457 e. The molecule has 0 radical (unpaired) electrons. The first-order valence-corrected chi connectivity index (χ1v) is 3.00. The largest absolute Gasteiger partial charge is 0.457 e. The van der Waals surface area contributed by atoms with Crippen LogP contribution in [0.1, 0.15) is 13.8 Å². The Kier molecular flexibility index (Phi) is 1.20. The van der Waals surface area contributed by atoms with Gasteiger partial charge in [-0.05, 0) is 0 Å². The van der Waals surface area contributed by atoms with Crippen molar-refractivity contribution in [1.82, 2.24) is 0 Å². The van der Waals surface area contributed by atoms with Gasteiger partial charge < -0.3 is 9.47 Å². The molecule has 0 fully saturated rings. The van der Waals surface area contributed by atoms with E-state index in [1.54, 1.807) is 6.26 Å². The molecular formula is C5H9O2P. The summed E-state index contributed by atoms with van der Waals surface area (Å²) in [6.07, 6.45) is 1.59. The van der Waals surface area contributed by atoms with Crippen LogP contribution in [0.3, 0.4) is 0 Å². The molecule has 0 aromatic rings. The summed E-state index contributed by atoms with van der Waals surface area (Å²) in [4.78, 5) is 0. The van der Waals surface area contributed by atoms with E-state index in [0.717, 1.165) is 5.50 Å². The summed E-state index contributed by atoms with van der Waals surface area (Å²) in [6.45, 7) is 3.72. The van der Waals surface area contributed by atoms with Gasteiger partial charge in [0.1, 0.15) is 6.26 Å². The standard InChI is InChI=1S/C5H9O2P/c1-5(2)6-3-4(8)7-5/h3H,8H2,1-2H3. The topological polar surface area (TPSA) is 18.5 Å². The van der Waals surface area contributed by atoms with Crippen molar-refractivity contribution in [3.05, 3.63) is 11.8 Å². The van der Waals surface area contributed by atoms with E-state index in [1.807, 2.05) is 13.8 Å². The number of hydrogen-bond acceptors (Lipinski definition) is 2. The molecule has 1 atom stereocenters. The van der Waals surface area contributed by atoms with E-state index in [1.165, 1.54) is 0 Å². The molecule has 0 aromatic carbocycles. The molecule has 3 heteroatoms. The summed E-state index contributed by atoms with van der Waals surface area (Å²) in [5, 5.41) is 0. The van der Waals surface area contributed by atoms with Gasteiger partial charge >= 0.3 is 0 Å². The van der Waals surface area contributed by atoms with Crippen molar-refractivity contribution in [2.45, 2.75) is 19.6 Å². The van der Waals surface area contributed by atoms with Crippen molar-refractivity contribution in [1.29, 1.82) is 0 Å². The molecular weight excluding hydrogens is 123 g/mol. The summed E-state index contributed by atoms with van der Waals surface area (Å²) >= 11 is 0. The predicted octanol–water partition coefficient (Wildman–Crippen LogP) is 1.44. The third kappa shape index (κ3) is 1.13. The van der Waals surface area contributed by atoms with E-state index in [4.69, 9.17) is 9.47 Å². The van der Waals surface area contributed by atoms with E-state index in [0.29, 0.717) is 0 Å². The number of rotatable bonds is 0. The fourth-order valence-corrected chi connectivity index (χ4v) is 0.884. The molecule has 2 nitrogen and oxygen atoms in total. The zero-order valence-electron chi connectivity index (χ0n) is 4.97. The number of ether oxygens (including phenoxy) is 2. The highest BCUT2D eigenvalue weighted by Gasteiger charge is 2.24. The Morgan fingerprint density at radius 1 is 1.62 bits per heavy atom. The van der Waals surface area contributed by atoms with Crippen LogP contribution >= 0.6 is 9.24 Å². The van der Waals surface area contributed by atoms with Gasteiger partial charge in [0.25, 0.3) is 0 Å². The SMILES string of the molecule is CC1(C)OC=C(P)O1.